The second-order valence-electron chi connectivity index (χ2n) is 3.55. The molecule has 3 N–H and O–H groups in total. The highest BCUT2D eigenvalue weighted by Gasteiger charge is 2.25. The van der Waals surface area contributed by atoms with Crippen LogP contribution in [-0.2, 0) is 9.84 Å². The molecular formula is C11H11N3O2S3. The average Bonchev–Trinajstić information content (AvgIpc) is 2.85. The van der Waals surface area contributed by atoms with Crippen molar-refractivity contribution in [2.24, 2.45) is 5.73 Å². The van der Waals surface area contributed by atoms with Crippen LogP contribution in [0.5, 0.6) is 0 Å². The maximum absolute atomic E-state index is 12.5. The van der Waals surface area contributed by atoms with Gasteiger partial charge in [-0.1, -0.05) is 6.07 Å². The van der Waals surface area contributed by atoms with Gasteiger partial charge >= 0.3 is 0 Å². The molecule has 0 saturated heterocycles. The fourth-order valence-electron chi connectivity index (χ4n) is 1.44. The molecule has 0 bridgehead atoms. The molecule has 0 saturated carbocycles. The third kappa shape index (κ3) is 2.65. The number of nitrogens with zero attached hydrogens (tertiary/aromatic N) is 1. The fraction of sp³-hybridized carbons (Fsp3) is 0.0909. The van der Waals surface area contributed by atoms with Crippen LogP contribution in [0.2, 0.25) is 0 Å². The van der Waals surface area contributed by atoms with E-state index in [0.717, 1.165) is 0 Å². The molecule has 19 heavy (non-hydrogen) atoms. The second kappa shape index (κ2) is 5.32. The molecule has 0 amide bonds. The maximum Gasteiger partial charge on any atom is 0.225 e. The number of amidine groups is 1. The second-order valence-corrected chi connectivity index (χ2v) is 7.54. The average molecular weight is 313 g/mol. The third-order valence-electron chi connectivity index (χ3n) is 2.32. The van der Waals surface area contributed by atoms with E-state index < -0.39 is 9.84 Å². The predicted molar refractivity (Wildman–Crippen MR) is 76.8 cm³/mol. The molecule has 0 radical (unpaired) electrons. The zero-order valence-electron chi connectivity index (χ0n) is 9.95. The Hall–Kier alpha value is -1.38. The van der Waals surface area contributed by atoms with Gasteiger partial charge in [0.05, 0.1) is 14.0 Å². The number of sulfone groups is 1. The monoisotopic (exact) mass is 313 g/mol. The van der Waals surface area contributed by atoms with Crippen molar-refractivity contribution in [3.05, 3.63) is 35.3 Å². The number of rotatable bonds is 4. The summed E-state index contributed by atoms with van der Waals surface area (Å²) in [4.78, 5) is 4.48. The lowest BCUT2D eigenvalue weighted by molar-refractivity contribution is 0.591. The Bertz CT molecular complexity index is 708. The van der Waals surface area contributed by atoms with E-state index in [1.54, 1.807) is 18.4 Å². The quantitative estimate of drug-likeness (QED) is 0.511. The summed E-state index contributed by atoms with van der Waals surface area (Å²) in [5, 5.41) is 7.40. The Morgan fingerprint density at radius 3 is 2.74 bits per heavy atom. The van der Waals surface area contributed by atoms with Crippen molar-refractivity contribution in [2.75, 3.05) is 6.26 Å². The highest BCUT2D eigenvalue weighted by molar-refractivity contribution is 8.01. The van der Waals surface area contributed by atoms with Crippen molar-refractivity contribution in [1.82, 2.24) is 4.98 Å². The molecule has 5 nitrogen and oxygen atoms in total. The zero-order chi connectivity index (χ0) is 14.0. The standard InChI is InChI=1S/C11H11N3O2S3/c1-17-11-8(6-7(18-11)10(12)13)19(15,16)9-4-2-3-5-14-9/h2-6H,1H3,(H3,12,13). The van der Waals surface area contributed by atoms with Crippen molar-refractivity contribution < 1.29 is 8.42 Å². The van der Waals surface area contributed by atoms with E-state index in [1.807, 2.05) is 0 Å². The molecule has 0 aliphatic rings. The van der Waals surface area contributed by atoms with Gasteiger partial charge in [0.15, 0.2) is 5.03 Å². The minimum atomic E-state index is -3.67. The van der Waals surface area contributed by atoms with Gasteiger partial charge in [0.1, 0.15) is 5.84 Å². The highest BCUT2D eigenvalue weighted by atomic mass is 32.2. The van der Waals surface area contributed by atoms with Gasteiger partial charge in [-0.15, -0.1) is 23.1 Å². The van der Waals surface area contributed by atoms with Crippen LogP contribution >= 0.6 is 23.1 Å². The van der Waals surface area contributed by atoms with E-state index in [-0.39, 0.29) is 15.8 Å². The topological polar surface area (TPSA) is 96.9 Å². The Balaban J connectivity index is 2.61. The normalized spacial score (nSPS) is 11.4. The largest absolute Gasteiger partial charge is 0.383 e. The summed E-state index contributed by atoms with van der Waals surface area (Å²) in [5.41, 5.74) is 5.41. The Kier molecular flexibility index (Phi) is 3.93. The lowest BCUT2D eigenvalue weighted by Gasteiger charge is -2.02. The van der Waals surface area contributed by atoms with Crippen LogP contribution in [0.15, 0.2) is 44.6 Å². The number of hydrogen-bond acceptors (Lipinski definition) is 6. The molecule has 100 valence electrons. The molecule has 0 unspecified atom stereocenters. The molecule has 0 aromatic carbocycles. The molecule has 0 spiro atoms. The smallest absolute Gasteiger partial charge is 0.225 e. The third-order valence-corrected chi connectivity index (χ3v) is 6.57. The molecule has 2 aromatic heterocycles. The van der Waals surface area contributed by atoms with Gasteiger partial charge in [0.25, 0.3) is 0 Å². The van der Waals surface area contributed by atoms with E-state index in [4.69, 9.17) is 11.1 Å². The SMILES string of the molecule is CSc1sc(C(=N)N)cc1S(=O)(=O)c1ccccn1. The first kappa shape index (κ1) is 14.0. The van der Waals surface area contributed by atoms with E-state index >= 15 is 0 Å². The highest BCUT2D eigenvalue weighted by Crippen LogP contribution is 2.36. The molecule has 0 fully saturated rings. The van der Waals surface area contributed by atoms with Crippen molar-refractivity contribution in [2.45, 2.75) is 14.1 Å². The number of hydrogen-bond donors (Lipinski definition) is 2. The Morgan fingerprint density at radius 1 is 1.47 bits per heavy atom. The van der Waals surface area contributed by atoms with Crippen LogP contribution in [0.25, 0.3) is 0 Å². The van der Waals surface area contributed by atoms with Gasteiger partial charge in [-0.25, -0.2) is 13.4 Å². The lowest BCUT2D eigenvalue weighted by atomic mass is 10.4. The molecule has 0 aliphatic heterocycles. The van der Waals surface area contributed by atoms with Crippen molar-refractivity contribution in [1.29, 1.82) is 5.41 Å². The summed E-state index contributed by atoms with van der Waals surface area (Å²) in [5.74, 6) is -0.136. The summed E-state index contributed by atoms with van der Waals surface area (Å²) in [7, 11) is -3.67. The first-order valence-corrected chi connectivity index (χ1v) is 8.67. The summed E-state index contributed by atoms with van der Waals surface area (Å²) in [6, 6.07) is 6.16. The zero-order valence-corrected chi connectivity index (χ0v) is 12.4. The van der Waals surface area contributed by atoms with Gasteiger partial charge in [0, 0.05) is 6.20 Å². The molecule has 2 heterocycles. The van der Waals surface area contributed by atoms with Gasteiger partial charge in [-0.3, -0.25) is 5.41 Å². The van der Waals surface area contributed by atoms with Crippen LogP contribution in [0, 0.1) is 5.41 Å². The van der Waals surface area contributed by atoms with Crippen LogP contribution in [-0.4, -0.2) is 25.5 Å². The van der Waals surface area contributed by atoms with Crippen LogP contribution in [0.1, 0.15) is 4.88 Å². The fourth-order valence-corrected chi connectivity index (χ4v) is 5.23. The van der Waals surface area contributed by atoms with Crippen molar-refractivity contribution in [3.63, 3.8) is 0 Å². The van der Waals surface area contributed by atoms with Crippen LogP contribution < -0.4 is 5.73 Å². The number of nitrogens with two attached hydrogens (primary N) is 1. The number of aromatic nitrogens is 1. The molecule has 8 heteroatoms. The van der Waals surface area contributed by atoms with E-state index in [0.29, 0.717) is 9.09 Å². The number of nitrogen functional groups attached to an aromatic ring is 1. The van der Waals surface area contributed by atoms with Gasteiger partial charge < -0.3 is 5.73 Å². The minimum absolute atomic E-state index is 0.00166. The number of pyridine rings is 1. The first-order chi connectivity index (χ1) is 8.96. The Labute approximate surface area is 119 Å². The first-order valence-electron chi connectivity index (χ1n) is 5.15. The van der Waals surface area contributed by atoms with Gasteiger partial charge in [-0.05, 0) is 24.5 Å². The van der Waals surface area contributed by atoms with Crippen molar-refractivity contribution in [3.8, 4) is 0 Å². The van der Waals surface area contributed by atoms with E-state index in [1.165, 1.54) is 41.4 Å². The summed E-state index contributed by atoms with van der Waals surface area (Å²) < 4.78 is 25.5. The molecule has 2 rings (SSSR count). The number of thioether (sulfide) groups is 1. The number of nitrogens with one attached hydrogen (secondary N) is 1. The van der Waals surface area contributed by atoms with E-state index in [2.05, 4.69) is 4.98 Å². The maximum atomic E-state index is 12.5. The molecule has 0 aliphatic carbocycles. The lowest BCUT2D eigenvalue weighted by Crippen LogP contribution is -2.09. The summed E-state index contributed by atoms with van der Waals surface area (Å²) >= 11 is 2.51. The van der Waals surface area contributed by atoms with Crippen molar-refractivity contribution >= 4 is 38.8 Å². The summed E-state index contributed by atoms with van der Waals surface area (Å²) in [6.45, 7) is 0. The van der Waals surface area contributed by atoms with Gasteiger partial charge in [0.2, 0.25) is 9.84 Å². The number of thiophene rings is 1. The summed E-state index contributed by atoms with van der Waals surface area (Å²) in [6.07, 6.45) is 3.22. The minimum Gasteiger partial charge on any atom is -0.383 e. The Morgan fingerprint density at radius 2 is 2.21 bits per heavy atom. The van der Waals surface area contributed by atoms with Gasteiger partial charge in [-0.2, -0.15) is 0 Å². The van der Waals surface area contributed by atoms with E-state index in [9.17, 15) is 8.42 Å². The predicted octanol–water partition coefficient (Wildman–Crippen LogP) is 1.98. The molecule has 0 atom stereocenters. The van der Waals surface area contributed by atoms with Crippen LogP contribution in [0.3, 0.4) is 0 Å². The molecular weight excluding hydrogens is 302 g/mol. The molecule has 2 aromatic rings. The van der Waals surface area contributed by atoms with Crippen LogP contribution in [0.4, 0.5) is 0 Å².